The Labute approximate surface area is 64.6 Å². The van der Waals surface area contributed by atoms with Gasteiger partial charge in [-0.05, 0) is 12.3 Å². The van der Waals surface area contributed by atoms with E-state index in [-0.39, 0.29) is 0 Å². The van der Waals surface area contributed by atoms with Gasteiger partial charge in [-0.25, -0.2) is 4.79 Å². The number of rotatable bonds is 3. The van der Waals surface area contributed by atoms with Gasteiger partial charge in [-0.2, -0.15) is 0 Å². The Morgan fingerprint density at radius 2 is 2.36 bits per heavy atom. The van der Waals surface area contributed by atoms with E-state index in [1.807, 2.05) is 0 Å². The molecule has 1 aromatic heterocycles. The monoisotopic (exact) mass is 156 g/mol. The first-order valence-corrected chi connectivity index (χ1v) is 3.73. The first kappa shape index (κ1) is 8.04. The minimum atomic E-state index is -0.469. The number of hydrogen-bond acceptors (Lipinski definition) is 3. The molecule has 0 fully saturated rings. The lowest BCUT2D eigenvalue weighted by Crippen LogP contribution is -1.98. The van der Waals surface area contributed by atoms with Gasteiger partial charge < -0.3 is 0 Å². The maximum absolute atomic E-state index is 10.5. The number of nitrogens with one attached hydrogen (secondary N) is 1. The summed E-state index contributed by atoms with van der Waals surface area (Å²) in [6, 6.07) is 0. The van der Waals surface area contributed by atoms with Crippen LogP contribution in [0.5, 0.6) is 0 Å². The summed E-state index contributed by atoms with van der Waals surface area (Å²) in [6.45, 7) is 4.25. The minimum absolute atomic E-state index is 0.469. The molecule has 0 saturated carbocycles. The second-order valence-electron chi connectivity index (χ2n) is 2.97. The summed E-state index contributed by atoms with van der Waals surface area (Å²) < 4.78 is 4.34. The van der Waals surface area contributed by atoms with Crippen LogP contribution in [0.1, 0.15) is 26.1 Å². The van der Waals surface area contributed by atoms with Crippen LogP contribution in [-0.2, 0) is 6.42 Å². The predicted octanol–water partition coefficient (Wildman–Crippen LogP) is 0.952. The van der Waals surface area contributed by atoms with Crippen LogP contribution in [0.15, 0.2) is 9.32 Å². The summed E-state index contributed by atoms with van der Waals surface area (Å²) in [5.74, 6) is 0.794. The summed E-state index contributed by atoms with van der Waals surface area (Å²) in [5.41, 5.74) is 0. The van der Waals surface area contributed by atoms with Gasteiger partial charge in [0.05, 0.1) is 0 Å². The fourth-order valence-electron chi connectivity index (χ4n) is 0.794. The number of hydrogen-bond donors (Lipinski definition) is 1. The standard InChI is InChI=1S/C7H12N2O2/c1-5(2)3-4-6-8-7(10)11-9-6/h5H,3-4H2,1-2H3,(H,8,9,10). The minimum Gasteiger partial charge on any atom is -0.296 e. The van der Waals surface area contributed by atoms with Crippen LogP contribution in [0, 0.1) is 5.92 Å². The average molecular weight is 156 g/mol. The van der Waals surface area contributed by atoms with Crippen LogP contribution in [0.3, 0.4) is 0 Å². The number of aryl methyl sites for hydroxylation is 1. The maximum atomic E-state index is 10.5. The van der Waals surface area contributed by atoms with Crippen LogP contribution >= 0.6 is 0 Å². The molecule has 1 N–H and O–H groups in total. The normalized spacial score (nSPS) is 10.8. The second kappa shape index (κ2) is 3.37. The maximum Gasteiger partial charge on any atom is 0.438 e. The highest BCUT2D eigenvalue weighted by atomic mass is 16.5. The van der Waals surface area contributed by atoms with Gasteiger partial charge in [0.2, 0.25) is 0 Å². The molecule has 0 aliphatic carbocycles. The quantitative estimate of drug-likeness (QED) is 0.708. The Bertz CT molecular complexity index is 261. The van der Waals surface area contributed by atoms with E-state index in [0.29, 0.717) is 11.7 Å². The summed E-state index contributed by atoms with van der Waals surface area (Å²) in [4.78, 5) is 12.9. The zero-order valence-electron chi connectivity index (χ0n) is 6.76. The van der Waals surface area contributed by atoms with Crippen LogP contribution in [0.25, 0.3) is 0 Å². The Morgan fingerprint density at radius 1 is 1.64 bits per heavy atom. The molecule has 1 aromatic rings. The lowest BCUT2D eigenvalue weighted by molar-refractivity contribution is 0.379. The van der Waals surface area contributed by atoms with Crippen molar-refractivity contribution >= 4 is 0 Å². The molecule has 0 amide bonds. The molecule has 62 valence electrons. The molecule has 1 heterocycles. The lowest BCUT2D eigenvalue weighted by atomic mass is 10.1. The number of nitrogens with zero attached hydrogens (tertiary/aromatic N) is 1. The van der Waals surface area contributed by atoms with Crippen LogP contribution in [0.4, 0.5) is 0 Å². The van der Waals surface area contributed by atoms with E-state index in [0.717, 1.165) is 12.8 Å². The molecule has 0 spiro atoms. The van der Waals surface area contributed by atoms with Gasteiger partial charge in [-0.3, -0.25) is 9.51 Å². The highest BCUT2D eigenvalue weighted by Gasteiger charge is 2.01. The number of aromatic nitrogens is 2. The zero-order valence-corrected chi connectivity index (χ0v) is 6.76. The Kier molecular flexibility index (Phi) is 2.46. The van der Waals surface area contributed by atoms with Crippen molar-refractivity contribution in [1.82, 2.24) is 10.1 Å². The van der Waals surface area contributed by atoms with Crippen molar-refractivity contribution in [3.05, 3.63) is 16.4 Å². The van der Waals surface area contributed by atoms with Crippen molar-refractivity contribution in [2.24, 2.45) is 5.92 Å². The number of H-pyrrole nitrogens is 1. The third-order valence-corrected chi connectivity index (χ3v) is 1.44. The Morgan fingerprint density at radius 3 is 2.82 bits per heavy atom. The summed E-state index contributed by atoms with van der Waals surface area (Å²) in [7, 11) is 0. The molecule has 0 aliphatic rings. The second-order valence-corrected chi connectivity index (χ2v) is 2.97. The largest absolute Gasteiger partial charge is 0.438 e. The molecule has 11 heavy (non-hydrogen) atoms. The topological polar surface area (TPSA) is 58.9 Å². The van der Waals surface area contributed by atoms with E-state index >= 15 is 0 Å². The predicted molar refractivity (Wildman–Crippen MR) is 40.3 cm³/mol. The van der Waals surface area contributed by atoms with E-state index < -0.39 is 5.76 Å². The van der Waals surface area contributed by atoms with E-state index in [1.165, 1.54) is 0 Å². The smallest absolute Gasteiger partial charge is 0.296 e. The van der Waals surface area contributed by atoms with Crippen LogP contribution < -0.4 is 5.76 Å². The molecular formula is C7H12N2O2. The Hall–Kier alpha value is -1.06. The van der Waals surface area contributed by atoms with Crippen molar-refractivity contribution in [1.29, 1.82) is 0 Å². The van der Waals surface area contributed by atoms with Gasteiger partial charge in [0.25, 0.3) is 0 Å². The molecule has 0 bridgehead atoms. The van der Waals surface area contributed by atoms with Crippen LogP contribution in [-0.4, -0.2) is 10.1 Å². The molecular weight excluding hydrogens is 144 g/mol. The highest BCUT2D eigenvalue weighted by Crippen LogP contribution is 2.02. The zero-order chi connectivity index (χ0) is 8.27. The Balaban J connectivity index is 2.45. The first-order chi connectivity index (χ1) is 5.18. The van der Waals surface area contributed by atoms with Gasteiger partial charge in [-0.15, -0.1) is 0 Å². The molecule has 0 atom stereocenters. The van der Waals surface area contributed by atoms with E-state index in [2.05, 4.69) is 28.5 Å². The van der Waals surface area contributed by atoms with Gasteiger partial charge in [0.15, 0.2) is 5.82 Å². The van der Waals surface area contributed by atoms with Gasteiger partial charge in [-0.1, -0.05) is 19.0 Å². The van der Waals surface area contributed by atoms with Gasteiger partial charge in [0.1, 0.15) is 0 Å². The third-order valence-electron chi connectivity index (χ3n) is 1.44. The summed E-state index contributed by atoms with van der Waals surface area (Å²) in [6.07, 6.45) is 1.80. The molecule has 0 radical (unpaired) electrons. The van der Waals surface area contributed by atoms with Crippen molar-refractivity contribution in [2.75, 3.05) is 0 Å². The fraction of sp³-hybridized carbons (Fsp3) is 0.714. The van der Waals surface area contributed by atoms with Crippen molar-refractivity contribution < 1.29 is 4.52 Å². The molecule has 0 saturated heterocycles. The van der Waals surface area contributed by atoms with Gasteiger partial charge in [0, 0.05) is 6.42 Å². The van der Waals surface area contributed by atoms with E-state index in [9.17, 15) is 4.79 Å². The lowest BCUT2D eigenvalue weighted by Gasteiger charge is -1.98. The first-order valence-electron chi connectivity index (χ1n) is 3.73. The van der Waals surface area contributed by atoms with Crippen molar-refractivity contribution in [3.63, 3.8) is 0 Å². The third kappa shape index (κ3) is 2.57. The molecule has 1 rings (SSSR count). The van der Waals surface area contributed by atoms with Crippen molar-refractivity contribution in [3.8, 4) is 0 Å². The van der Waals surface area contributed by atoms with Crippen molar-refractivity contribution in [2.45, 2.75) is 26.7 Å². The fourth-order valence-corrected chi connectivity index (χ4v) is 0.794. The molecule has 0 unspecified atom stereocenters. The van der Waals surface area contributed by atoms with E-state index in [1.54, 1.807) is 0 Å². The summed E-state index contributed by atoms with van der Waals surface area (Å²) in [5, 5.41) is 3.54. The average Bonchev–Trinajstić information content (AvgIpc) is 2.31. The van der Waals surface area contributed by atoms with Gasteiger partial charge >= 0.3 is 5.76 Å². The molecule has 0 aromatic carbocycles. The van der Waals surface area contributed by atoms with E-state index in [4.69, 9.17) is 0 Å². The number of aromatic amines is 1. The van der Waals surface area contributed by atoms with Crippen LogP contribution in [0.2, 0.25) is 0 Å². The molecule has 4 nitrogen and oxygen atoms in total. The summed E-state index contributed by atoms with van der Waals surface area (Å²) >= 11 is 0. The highest BCUT2D eigenvalue weighted by molar-refractivity contribution is 4.78. The molecule has 4 heteroatoms. The molecule has 0 aliphatic heterocycles. The SMILES string of the molecule is CC(C)CCc1noc(=O)[nH]1.